The molecule has 0 atom stereocenters. The number of nitrogens with zero attached hydrogens (tertiary/aromatic N) is 1. The maximum Gasteiger partial charge on any atom is 0.240 e. The van der Waals surface area contributed by atoms with Crippen molar-refractivity contribution >= 4 is 22.4 Å². The maximum atomic E-state index is 11.5. The molecule has 1 heterocycles. The first-order chi connectivity index (χ1) is 8.22. The largest absolute Gasteiger partial charge is 0.382 e. The zero-order valence-electron chi connectivity index (χ0n) is 10.3. The molecular formula is C11H19N3O2S. The molecule has 0 aliphatic heterocycles. The summed E-state index contributed by atoms with van der Waals surface area (Å²) in [6, 6.07) is 0. The predicted octanol–water partition coefficient (Wildman–Crippen LogP) is 1.41. The minimum atomic E-state index is -0.0595. The molecule has 5 nitrogen and oxygen atoms in total. The highest BCUT2D eigenvalue weighted by atomic mass is 32.1. The van der Waals surface area contributed by atoms with Gasteiger partial charge in [0.25, 0.3) is 0 Å². The lowest BCUT2D eigenvalue weighted by Crippen LogP contribution is -2.29. The van der Waals surface area contributed by atoms with E-state index in [1.807, 2.05) is 13.8 Å². The Morgan fingerprint density at radius 2 is 2.41 bits per heavy atom. The van der Waals surface area contributed by atoms with Crippen LogP contribution < -0.4 is 10.6 Å². The Morgan fingerprint density at radius 1 is 1.59 bits per heavy atom. The number of thiazole rings is 1. The highest BCUT2D eigenvalue weighted by Gasteiger charge is 2.04. The smallest absolute Gasteiger partial charge is 0.240 e. The third kappa shape index (κ3) is 6.35. The molecule has 1 aromatic heterocycles. The van der Waals surface area contributed by atoms with Gasteiger partial charge in [-0.15, -0.1) is 11.3 Å². The number of nitrogens with one attached hydrogen (secondary N) is 2. The van der Waals surface area contributed by atoms with E-state index in [0.29, 0.717) is 11.7 Å². The summed E-state index contributed by atoms with van der Waals surface area (Å²) < 4.78 is 5.19. The third-order valence-corrected chi connectivity index (χ3v) is 2.83. The summed E-state index contributed by atoms with van der Waals surface area (Å²) in [5.74, 6) is -0.0595. The fourth-order valence-electron chi connectivity index (χ4n) is 1.22. The molecule has 1 rings (SSSR count). The van der Waals surface area contributed by atoms with Gasteiger partial charge in [-0.1, -0.05) is 0 Å². The lowest BCUT2D eigenvalue weighted by Gasteiger charge is -2.04. The van der Waals surface area contributed by atoms with Crippen molar-refractivity contribution in [2.24, 2.45) is 0 Å². The number of carbonyl (C=O) groups is 1. The molecule has 1 amide bonds. The van der Waals surface area contributed by atoms with Crippen LogP contribution in [0.1, 0.15) is 18.2 Å². The van der Waals surface area contributed by atoms with E-state index in [1.54, 1.807) is 6.20 Å². The molecule has 0 spiro atoms. The molecule has 0 fully saturated rings. The molecule has 6 heteroatoms. The molecule has 0 saturated carbocycles. The molecule has 0 aromatic carbocycles. The fraction of sp³-hybridized carbons (Fsp3) is 0.636. The second-order valence-corrected chi connectivity index (χ2v) is 4.79. The van der Waals surface area contributed by atoms with Gasteiger partial charge in [0.1, 0.15) is 0 Å². The van der Waals surface area contributed by atoms with Crippen molar-refractivity contribution in [3.05, 3.63) is 11.1 Å². The van der Waals surface area contributed by atoms with E-state index >= 15 is 0 Å². The number of aryl methyl sites for hydroxylation is 1. The van der Waals surface area contributed by atoms with Crippen LogP contribution in [0, 0.1) is 6.92 Å². The Kier molecular flexibility index (Phi) is 6.76. The summed E-state index contributed by atoms with van der Waals surface area (Å²) in [5, 5.41) is 6.45. The Morgan fingerprint density at radius 3 is 3.06 bits per heavy atom. The number of rotatable bonds is 8. The van der Waals surface area contributed by atoms with Crippen molar-refractivity contribution in [2.75, 3.05) is 31.6 Å². The SMILES string of the molecule is CCOCCCNCC(=O)Nc1ncc(C)s1. The van der Waals surface area contributed by atoms with E-state index in [0.717, 1.165) is 31.1 Å². The minimum Gasteiger partial charge on any atom is -0.382 e. The predicted molar refractivity (Wildman–Crippen MR) is 69.5 cm³/mol. The summed E-state index contributed by atoms with van der Waals surface area (Å²) in [6.45, 7) is 6.49. The number of aromatic nitrogens is 1. The van der Waals surface area contributed by atoms with Crippen LogP contribution in [0.25, 0.3) is 0 Å². The maximum absolute atomic E-state index is 11.5. The van der Waals surface area contributed by atoms with Crippen molar-refractivity contribution in [1.29, 1.82) is 0 Å². The van der Waals surface area contributed by atoms with Gasteiger partial charge in [-0.3, -0.25) is 4.79 Å². The van der Waals surface area contributed by atoms with Gasteiger partial charge in [0, 0.05) is 24.3 Å². The lowest BCUT2D eigenvalue weighted by molar-refractivity contribution is -0.115. The van der Waals surface area contributed by atoms with Crippen molar-refractivity contribution in [3.63, 3.8) is 0 Å². The first kappa shape index (κ1) is 14.1. The lowest BCUT2D eigenvalue weighted by atomic mass is 10.4. The van der Waals surface area contributed by atoms with Gasteiger partial charge in [0.15, 0.2) is 5.13 Å². The molecule has 2 N–H and O–H groups in total. The molecule has 0 saturated heterocycles. The molecular weight excluding hydrogens is 238 g/mol. The first-order valence-corrected chi connectivity index (χ1v) is 6.54. The summed E-state index contributed by atoms with van der Waals surface area (Å²) in [5.41, 5.74) is 0. The van der Waals surface area contributed by atoms with E-state index in [2.05, 4.69) is 15.6 Å². The van der Waals surface area contributed by atoms with E-state index in [-0.39, 0.29) is 5.91 Å². The number of carbonyl (C=O) groups excluding carboxylic acids is 1. The average molecular weight is 257 g/mol. The standard InChI is InChI=1S/C11H19N3O2S/c1-3-16-6-4-5-12-8-10(15)14-11-13-7-9(2)17-11/h7,12H,3-6,8H2,1-2H3,(H,13,14,15). The van der Waals surface area contributed by atoms with Crippen molar-refractivity contribution < 1.29 is 9.53 Å². The molecule has 0 bridgehead atoms. The third-order valence-electron chi connectivity index (χ3n) is 2.00. The second-order valence-electron chi connectivity index (χ2n) is 3.55. The molecule has 0 unspecified atom stereocenters. The normalized spacial score (nSPS) is 10.5. The zero-order chi connectivity index (χ0) is 12.5. The van der Waals surface area contributed by atoms with Crippen LogP contribution in [0.5, 0.6) is 0 Å². The van der Waals surface area contributed by atoms with E-state index in [1.165, 1.54) is 11.3 Å². The van der Waals surface area contributed by atoms with Crippen LogP contribution in [0.3, 0.4) is 0 Å². The number of hydrogen-bond donors (Lipinski definition) is 2. The van der Waals surface area contributed by atoms with Gasteiger partial charge >= 0.3 is 0 Å². The molecule has 1 aromatic rings. The molecule has 96 valence electrons. The quantitative estimate of drug-likeness (QED) is 0.691. The van der Waals surface area contributed by atoms with E-state index in [4.69, 9.17) is 4.74 Å². The van der Waals surface area contributed by atoms with E-state index < -0.39 is 0 Å². The number of hydrogen-bond acceptors (Lipinski definition) is 5. The van der Waals surface area contributed by atoms with Crippen LogP contribution in [-0.4, -0.2) is 37.2 Å². The van der Waals surface area contributed by atoms with Crippen LogP contribution in [0.2, 0.25) is 0 Å². The highest BCUT2D eigenvalue weighted by Crippen LogP contribution is 2.15. The van der Waals surface area contributed by atoms with Crippen LogP contribution in [0.15, 0.2) is 6.20 Å². The summed E-state index contributed by atoms with van der Waals surface area (Å²) in [6.07, 6.45) is 2.66. The Bertz CT molecular complexity index is 341. The van der Waals surface area contributed by atoms with Crippen molar-refractivity contribution in [2.45, 2.75) is 20.3 Å². The van der Waals surface area contributed by atoms with Gasteiger partial charge in [-0.05, 0) is 26.8 Å². The van der Waals surface area contributed by atoms with Crippen molar-refractivity contribution in [3.8, 4) is 0 Å². The number of anilines is 1. The number of ether oxygens (including phenoxy) is 1. The second kappa shape index (κ2) is 8.16. The topological polar surface area (TPSA) is 63.2 Å². The van der Waals surface area contributed by atoms with Gasteiger partial charge < -0.3 is 15.4 Å². The summed E-state index contributed by atoms with van der Waals surface area (Å²) in [7, 11) is 0. The fourth-order valence-corrected chi connectivity index (χ4v) is 1.90. The monoisotopic (exact) mass is 257 g/mol. The first-order valence-electron chi connectivity index (χ1n) is 5.73. The van der Waals surface area contributed by atoms with Crippen LogP contribution in [-0.2, 0) is 9.53 Å². The Labute approximate surface area is 106 Å². The molecule has 0 aliphatic carbocycles. The van der Waals surface area contributed by atoms with Gasteiger partial charge in [0.2, 0.25) is 5.91 Å². The van der Waals surface area contributed by atoms with Crippen LogP contribution in [0.4, 0.5) is 5.13 Å². The zero-order valence-corrected chi connectivity index (χ0v) is 11.1. The average Bonchev–Trinajstić information content (AvgIpc) is 2.69. The van der Waals surface area contributed by atoms with Crippen molar-refractivity contribution in [1.82, 2.24) is 10.3 Å². The minimum absolute atomic E-state index is 0.0595. The van der Waals surface area contributed by atoms with Gasteiger partial charge in [-0.25, -0.2) is 4.98 Å². The Hall–Kier alpha value is -0.980. The summed E-state index contributed by atoms with van der Waals surface area (Å²) in [4.78, 5) is 16.6. The Balaban J connectivity index is 2.05. The number of amides is 1. The van der Waals surface area contributed by atoms with E-state index in [9.17, 15) is 4.79 Å². The summed E-state index contributed by atoms with van der Waals surface area (Å²) >= 11 is 1.48. The van der Waals surface area contributed by atoms with Gasteiger partial charge in [0.05, 0.1) is 6.54 Å². The van der Waals surface area contributed by atoms with Crippen LogP contribution >= 0.6 is 11.3 Å². The highest BCUT2D eigenvalue weighted by molar-refractivity contribution is 7.15. The molecule has 0 aliphatic rings. The van der Waals surface area contributed by atoms with Gasteiger partial charge in [-0.2, -0.15) is 0 Å². The molecule has 17 heavy (non-hydrogen) atoms. The molecule has 0 radical (unpaired) electrons.